The first-order valence-electron chi connectivity index (χ1n) is 17.1. The molecule has 0 aromatic heterocycles. The third-order valence-corrected chi connectivity index (χ3v) is 12.6. The predicted molar refractivity (Wildman–Crippen MR) is 178 cm³/mol. The zero-order valence-electron chi connectivity index (χ0n) is 28.7. The number of hydrogen-bond donors (Lipinski definition) is 5. The van der Waals surface area contributed by atoms with Gasteiger partial charge >= 0.3 is 11.9 Å². The summed E-state index contributed by atoms with van der Waals surface area (Å²) in [5.41, 5.74) is -1.90. The molecule has 9 atom stereocenters. The van der Waals surface area contributed by atoms with Crippen molar-refractivity contribution in [2.45, 2.75) is 116 Å². The minimum Gasteiger partial charge on any atom is -0.480 e. The van der Waals surface area contributed by atoms with Crippen molar-refractivity contribution >= 4 is 47.1 Å². The van der Waals surface area contributed by atoms with Gasteiger partial charge in [0.2, 0.25) is 17.6 Å². The van der Waals surface area contributed by atoms with Crippen LogP contribution in [0.2, 0.25) is 0 Å². The number of aliphatic carboxylic acids is 1. The standard InChI is InChI=1S/C35H52N2O10S/c1-19(2)30(31(43)36-24(32(44)45)12-15-48-5)37-27(41)8-9-28(42)47-18-26(40)35(46)14-11-23-22-7-6-20-16-21(38)10-13-33(20,3)29(22)25(39)17-34(23,35)4/h16,19,22-25,29-30,39,46H,6-15,17-18H2,1-5H3,(H,36,43)(H,37,41)(H,44,45)/t22-,23+,24-,25+,29-,30+,33-,34-,35-/m0/s1. The van der Waals surface area contributed by atoms with Gasteiger partial charge in [0.15, 0.2) is 12.4 Å². The smallest absolute Gasteiger partial charge is 0.326 e. The Balaban J connectivity index is 1.31. The van der Waals surface area contributed by atoms with Gasteiger partial charge in [-0.2, -0.15) is 11.8 Å². The molecule has 4 rings (SSSR count). The number of hydrogen-bond acceptors (Lipinski definition) is 10. The van der Waals surface area contributed by atoms with Gasteiger partial charge in [0.1, 0.15) is 17.7 Å². The number of allylic oxidation sites excluding steroid dienone is 1. The Kier molecular flexibility index (Phi) is 11.9. The first-order valence-corrected chi connectivity index (χ1v) is 18.5. The highest BCUT2D eigenvalue weighted by molar-refractivity contribution is 7.98. The molecule has 0 heterocycles. The molecule has 4 aliphatic rings. The Bertz CT molecular complexity index is 1330. The number of amides is 2. The highest BCUT2D eigenvalue weighted by atomic mass is 32.2. The maximum atomic E-state index is 13.5. The van der Waals surface area contributed by atoms with Crippen molar-refractivity contribution in [1.29, 1.82) is 0 Å². The van der Waals surface area contributed by atoms with E-state index in [1.807, 2.05) is 13.2 Å². The summed E-state index contributed by atoms with van der Waals surface area (Å²) in [6.45, 7) is 6.73. The molecule has 0 spiro atoms. The van der Waals surface area contributed by atoms with Crippen molar-refractivity contribution in [3.05, 3.63) is 11.6 Å². The molecule has 12 nitrogen and oxygen atoms in total. The van der Waals surface area contributed by atoms with Crippen molar-refractivity contribution in [3.63, 3.8) is 0 Å². The van der Waals surface area contributed by atoms with E-state index >= 15 is 0 Å². The maximum Gasteiger partial charge on any atom is 0.326 e. The van der Waals surface area contributed by atoms with E-state index < -0.39 is 65.3 Å². The topological polar surface area (TPSA) is 196 Å². The van der Waals surface area contributed by atoms with E-state index in [2.05, 4.69) is 17.6 Å². The van der Waals surface area contributed by atoms with Crippen LogP contribution < -0.4 is 10.6 Å². The maximum absolute atomic E-state index is 13.5. The molecule has 13 heteroatoms. The van der Waals surface area contributed by atoms with Crippen LogP contribution in [-0.4, -0.2) is 93.0 Å². The number of carbonyl (C=O) groups excluding carboxylic acids is 5. The predicted octanol–water partition coefficient (Wildman–Crippen LogP) is 2.58. The highest BCUT2D eigenvalue weighted by Gasteiger charge is 2.68. The van der Waals surface area contributed by atoms with Crippen molar-refractivity contribution < 1.29 is 48.8 Å². The number of ketones is 2. The average Bonchev–Trinajstić information content (AvgIpc) is 3.29. The summed E-state index contributed by atoms with van der Waals surface area (Å²) >= 11 is 1.45. The molecule has 3 fully saturated rings. The summed E-state index contributed by atoms with van der Waals surface area (Å²) in [5, 5.41) is 37.9. The van der Waals surface area contributed by atoms with Crippen molar-refractivity contribution in [2.75, 3.05) is 18.6 Å². The van der Waals surface area contributed by atoms with E-state index in [1.165, 1.54) is 11.8 Å². The summed E-state index contributed by atoms with van der Waals surface area (Å²) in [7, 11) is 0. The van der Waals surface area contributed by atoms with Gasteiger partial charge in [-0.05, 0) is 92.1 Å². The molecule has 3 saturated carbocycles. The van der Waals surface area contributed by atoms with Gasteiger partial charge in [0, 0.05) is 18.3 Å². The van der Waals surface area contributed by atoms with Gasteiger partial charge in [-0.15, -0.1) is 0 Å². The number of aliphatic hydroxyl groups is 2. The van der Waals surface area contributed by atoms with E-state index in [0.717, 1.165) is 18.4 Å². The van der Waals surface area contributed by atoms with E-state index in [1.54, 1.807) is 19.9 Å². The average molecular weight is 693 g/mol. The molecule has 0 unspecified atom stereocenters. The van der Waals surface area contributed by atoms with Crippen LogP contribution in [-0.2, 0) is 33.5 Å². The van der Waals surface area contributed by atoms with Crippen LogP contribution in [0.5, 0.6) is 0 Å². The Morgan fingerprint density at radius 2 is 1.77 bits per heavy atom. The van der Waals surface area contributed by atoms with Crippen LogP contribution in [0, 0.1) is 34.5 Å². The highest BCUT2D eigenvalue weighted by Crippen LogP contribution is 2.67. The summed E-state index contributed by atoms with van der Waals surface area (Å²) < 4.78 is 5.23. The lowest BCUT2D eigenvalue weighted by atomic mass is 9.45. The number of rotatable bonds is 14. The molecule has 0 aliphatic heterocycles. The number of esters is 1. The van der Waals surface area contributed by atoms with Crippen molar-refractivity contribution in [3.8, 4) is 0 Å². The first-order chi connectivity index (χ1) is 22.5. The lowest BCUT2D eigenvalue weighted by Gasteiger charge is -2.60. The number of carboxylic acids is 1. The molecular weight excluding hydrogens is 640 g/mol. The fraction of sp³-hybridized carbons (Fsp3) is 0.771. The van der Waals surface area contributed by atoms with Crippen LogP contribution in [0.1, 0.15) is 91.9 Å². The van der Waals surface area contributed by atoms with Crippen LogP contribution >= 0.6 is 11.8 Å². The summed E-state index contributed by atoms with van der Waals surface area (Å²) in [4.78, 5) is 75.3. The molecule has 5 N–H and O–H groups in total. The molecule has 0 aromatic rings. The minimum absolute atomic E-state index is 0.0161. The number of Topliss-reactive ketones (excluding diaryl/α,β-unsaturated/α-hetero) is 1. The van der Waals surface area contributed by atoms with Gasteiger partial charge < -0.3 is 30.7 Å². The second kappa shape index (κ2) is 15.0. The second-order valence-corrected chi connectivity index (χ2v) is 16.0. The molecule has 268 valence electrons. The Labute approximate surface area is 286 Å². The molecule has 2 amide bonds. The van der Waals surface area contributed by atoms with E-state index in [0.29, 0.717) is 25.0 Å². The van der Waals surface area contributed by atoms with E-state index in [-0.39, 0.29) is 67.0 Å². The molecule has 0 saturated heterocycles. The normalized spacial score (nSPS) is 33.8. The van der Waals surface area contributed by atoms with Gasteiger partial charge in [-0.3, -0.25) is 24.0 Å². The number of fused-ring (bicyclic) bond motifs is 5. The fourth-order valence-corrected chi connectivity index (χ4v) is 9.71. The zero-order valence-corrected chi connectivity index (χ0v) is 29.5. The van der Waals surface area contributed by atoms with Gasteiger partial charge in [0.25, 0.3) is 0 Å². The number of carboxylic acid groups (broad SMARTS) is 1. The van der Waals surface area contributed by atoms with Gasteiger partial charge in [0.05, 0.1) is 12.5 Å². The van der Waals surface area contributed by atoms with E-state index in [9.17, 15) is 44.1 Å². The molecule has 0 aromatic carbocycles. The summed E-state index contributed by atoms with van der Waals surface area (Å²) in [6, 6.07) is -2.11. The van der Waals surface area contributed by atoms with E-state index in [4.69, 9.17) is 4.74 Å². The van der Waals surface area contributed by atoms with Crippen molar-refractivity contribution in [1.82, 2.24) is 10.6 Å². The Morgan fingerprint density at radius 3 is 2.42 bits per heavy atom. The third kappa shape index (κ3) is 7.38. The zero-order chi connectivity index (χ0) is 35.6. The monoisotopic (exact) mass is 692 g/mol. The van der Waals surface area contributed by atoms with Gasteiger partial charge in [-0.1, -0.05) is 33.3 Å². The first kappa shape index (κ1) is 38.0. The van der Waals surface area contributed by atoms with Crippen LogP contribution in [0.3, 0.4) is 0 Å². The summed E-state index contributed by atoms with van der Waals surface area (Å²) in [6.07, 6.45) is 6.04. The SMILES string of the molecule is CSCC[C@H](NC(=O)[C@H](NC(=O)CCC(=O)OCC(=O)[C@@]1(O)CC[C@@H]2[C@@H]3CCC4=CC(=O)CC[C@]4(C)[C@@H]3[C@H](O)C[C@@]21C)C(C)C)C(=O)O. The fourth-order valence-electron chi connectivity index (χ4n) is 9.24. The van der Waals surface area contributed by atoms with Gasteiger partial charge in [-0.25, -0.2) is 4.79 Å². The largest absolute Gasteiger partial charge is 0.480 e. The number of thioether (sulfide) groups is 1. The number of nitrogens with one attached hydrogen (secondary N) is 2. The molecular formula is C35H52N2O10S. The Hall–Kier alpha value is -2.77. The minimum atomic E-state index is -1.79. The molecule has 4 aliphatic carbocycles. The second-order valence-electron chi connectivity index (χ2n) is 15.0. The molecule has 0 bridgehead atoms. The number of aliphatic hydroxyl groups excluding tert-OH is 1. The summed E-state index contributed by atoms with van der Waals surface area (Å²) in [5.74, 6) is -3.56. The van der Waals surface area contributed by atoms with Crippen molar-refractivity contribution in [2.24, 2.45) is 34.5 Å². The Morgan fingerprint density at radius 1 is 1.06 bits per heavy atom. The number of ether oxygens (including phenoxy) is 1. The third-order valence-electron chi connectivity index (χ3n) is 11.9. The van der Waals surface area contributed by atoms with Crippen LogP contribution in [0.4, 0.5) is 0 Å². The molecule has 0 radical (unpaired) electrons. The lowest BCUT2D eigenvalue weighted by molar-refractivity contribution is -0.184. The van der Waals surface area contributed by atoms with Crippen LogP contribution in [0.25, 0.3) is 0 Å². The lowest BCUT2D eigenvalue weighted by Crippen LogP contribution is -2.62. The van der Waals surface area contributed by atoms with Crippen LogP contribution in [0.15, 0.2) is 11.6 Å². The quantitative estimate of drug-likeness (QED) is 0.168. The molecule has 48 heavy (non-hydrogen) atoms. The number of carbonyl (C=O) groups is 6.